The van der Waals surface area contributed by atoms with E-state index in [1.165, 1.54) is 44.8 Å². The maximum atomic E-state index is 14.0. The van der Waals surface area contributed by atoms with E-state index >= 15 is 0 Å². The zero-order valence-electron chi connectivity index (χ0n) is 14.5. The molecule has 7 heteroatoms. The molecule has 3 aromatic rings. The average molecular weight is 357 g/mol. The van der Waals surface area contributed by atoms with E-state index in [4.69, 9.17) is 9.47 Å². The summed E-state index contributed by atoms with van der Waals surface area (Å²) in [5.41, 5.74) is 2.13. The van der Waals surface area contributed by atoms with E-state index in [-0.39, 0.29) is 5.75 Å². The number of hydrogen-bond donors (Lipinski definition) is 1. The molecule has 0 atom stereocenters. The minimum Gasteiger partial charge on any atom is -0.496 e. The van der Waals surface area contributed by atoms with Gasteiger partial charge in [-0.05, 0) is 36.8 Å². The van der Waals surface area contributed by atoms with Gasteiger partial charge in [0.15, 0.2) is 11.6 Å². The standard InChI is InChI=1S/C19H17F2N3O2/c1-11-6-13(8-15(21)19(11)26-3)24-18-9-16(22-10-23-18)14-7-12(20)4-5-17(14)25-2/h4-10H,1-3H3,(H,22,23,24). The van der Waals surface area contributed by atoms with E-state index in [0.29, 0.717) is 34.1 Å². The third-order valence-electron chi connectivity index (χ3n) is 3.81. The molecule has 134 valence electrons. The van der Waals surface area contributed by atoms with Gasteiger partial charge >= 0.3 is 0 Å². The molecule has 0 aliphatic rings. The van der Waals surface area contributed by atoms with Gasteiger partial charge in [0, 0.05) is 23.4 Å². The first-order chi connectivity index (χ1) is 12.5. The van der Waals surface area contributed by atoms with Crippen LogP contribution in [0, 0.1) is 18.6 Å². The van der Waals surface area contributed by atoms with Crippen LogP contribution in [0.5, 0.6) is 11.5 Å². The number of nitrogens with one attached hydrogen (secondary N) is 1. The van der Waals surface area contributed by atoms with Gasteiger partial charge in [0.2, 0.25) is 0 Å². The number of anilines is 2. The van der Waals surface area contributed by atoms with Crippen LogP contribution in [0.1, 0.15) is 5.56 Å². The number of aromatic nitrogens is 2. The van der Waals surface area contributed by atoms with Crippen molar-refractivity contribution in [3.05, 3.63) is 59.9 Å². The molecule has 0 aliphatic heterocycles. The maximum absolute atomic E-state index is 14.0. The summed E-state index contributed by atoms with van der Waals surface area (Å²) in [5.74, 6) is 0.244. The smallest absolute Gasteiger partial charge is 0.167 e. The van der Waals surface area contributed by atoms with Crippen LogP contribution in [0.25, 0.3) is 11.3 Å². The largest absolute Gasteiger partial charge is 0.496 e. The molecule has 0 aliphatic carbocycles. The summed E-state index contributed by atoms with van der Waals surface area (Å²) in [7, 11) is 2.92. The quantitative estimate of drug-likeness (QED) is 0.729. The summed E-state index contributed by atoms with van der Waals surface area (Å²) in [4.78, 5) is 8.30. The lowest BCUT2D eigenvalue weighted by Crippen LogP contribution is -1.99. The second kappa shape index (κ2) is 7.35. The van der Waals surface area contributed by atoms with Gasteiger partial charge in [-0.1, -0.05) is 0 Å². The Bertz CT molecular complexity index is 925. The summed E-state index contributed by atoms with van der Waals surface area (Å²) < 4.78 is 37.9. The molecule has 0 bridgehead atoms. The first-order valence-corrected chi connectivity index (χ1v) is 7.79. The molecular formula is C19H17F2N3O2. The lowest BCUT2D eigenvalue weighted by atomic mass is 10.1. The molecule has 1 heterocycles. The van der Waals surface area contributed by atoms with Gasteiger partial charge in [-0.3, -0.25) is 0 Å². The van der Waals surface area contributed by atoms with Gasteiger partial charge < -0.3 is 14.8 Å². The summed E-state index contributed by atoms with van der Waals surface area (Å²) >= 11 is 0. The molecule has 0 fully saturated rings. The minimum atomic E-state index is -0.476. The lowest BCUT2D eigenvalue weighted by Gasteiger charge is -2.12. The molecule has 0 saturated heterocycles. The topological polar surface area (TPSA) is 56.3 Å². The van der Waals surface area contributed by atoms with Gasteiger partial charge in [0.05, 0.1) is 19.9 Å². The highest BCUT2D eigenvalue weighted by Crippen LogP contribution is 2.31. The average Bonchev–Trinajstić information content (AvgIpc) is 2.61. The van der Waals surface area contributed by atoms with Crippen molar-refractivity contribution in [2.75, 3.05) is 19.5 Å². The van der Waals surface area contributed by atoms with E-state index < -0.39 is 11.6 Å². The lowest BCUT2D eigenvalue weighted by molar-refractivity contribution is 0.383. The molecule has 26 heavy (non-hydrogen) atoms. The predicted molar refractivity (Wildman–Crippen MR) is 94.9 cm³/mol. The van der Waals surface area contributed by atoms with Crippen molar-refractivity contribution in [2.45, 2.75) is 6.92 Å². The molecule has 0 radical (unpaired) electrons. The van der Waals surface area contributed by atoms with Crippen molar-refractivity contribution in [1.29, 1.82) is 0 Å². The normalized spacial score (nSPS) is 10.5. The van der Waals surface area contributed by atoms with Gasteiger partial charge in [-0.2, -0.15) is 0 Å². The Labute approximate surface area is 149 Å². The second-order valence-electron chi connectivity index (χ2n) is 5.57. The molecule has 3 rings (SSSR count). The number of aryl methyl sites for hydroxylation is 1. The summed E-state index contributed by atoms with van der Waals surface area (Å²) in [6.07, 6.45) is 1.34. The van der Waals surface area contributed by atoms with Crippen molar-refractivity contribution in [3.63, 3.8) is 0 Å². The minimum absolute atomic E-state index is 0.198. The first kappa shape index (κ1) is 17.6. The first-order valence-electron chi connectivity index (χ1n) is 7.79. The number of halogens is 2. The SMILES string of the molecule is COc1ccc(F)cc1-c1cc(Nc2cc(C)c(OC)c(F)c2)ncn1. The Kier molecular flexibility index (Phi) is 4.97. The van der Waals surface area contributed by atoms with Crippen LogP contribution in [-0.2, 0) is 0 Å². The van der Waals surface area contributed by atoms with Crippen LogP contribution in [-0.4, -0.2) is 24.2 Å². The van der Waals surface area contributed by atoms with Crippen LogP contribution >= 0.6 is 0 Å². The van der Waals surface area contributed by atoms with Gasteiger partial charge in [0.1, 0.15) is 23.7 Å². The van der Waals surface area contributed by atoms with E-state index in [1.807, 2.05) is 0 Å². The van der Waals surface area contributed by atoms with Crippen LogP contribution in [0.2, 0.25) is 0 Å². The van der Waals surface area contributed by atoms with Crippen molar-refractivity contribution in [3.8, 4) is 22.8 Å². The molecular weight excluding hydrogens is 340 g/mol. The third-order valence-corrected chi connectivity index (χ3v) is 3.81. The van der Waals surface area contributed by atoms with E-state index in [1.54, 1.807) is 19.1 Å². The van der Waals surface area contributed by atoms with Crippen LogP contribution in [0.4, 0.5) is 20.3 Å². The molecule has 1 aromatic heterocycles. The Hall–Kier alpha value is -3.22. The van der Waals surface area contributed by atoms with Crippen LogP contribution in [0.15, 0.2) is 42.7 Å². The molecule has 5 nitrogen and oxygen atoms in total. The highest BCUT2D eigenvalue weighted by atomic mass is 19.1. The van der Waals surface area contributed by atoms with Gasteiger partial charge in [-0.15, -0.1) is 0 Å². The number of ether oxygens (including phenoxy) is 2. The Morgan fingerprint density at radius 2 is 1.77 bits per heavy atom. The fourth-order valence-corrected chi connectivity index (χ4v) is 2.66. The van der Waals surface area contributed by atoms with Crippen LogP contribution in [0.3, 0.4) is 0 Å². The molecule has 0 amide bonds. The number of hydrogen-bond acceptors (Lipinski definition) is 5. The number of nitrogens with zero attached hydrogens (tertiary/aromatic N) is 2. The monoisotopic (exact) mass is 357 g/mol. The van der Waals surface area contributed by atoms with E-state index in [0.717, 1.165) is 0 Å². The Balaban J connectivity index is 1.95. The summed E-state index contributed by atoms with van der Waals surface area (Å²) in [5, 5.41) is 3.02. The zero-order valence-corrected chi connectivity index (χ0v) is 14.5. The Morgan fingerprint density at radius 3 is 2.46 bits per heavy atom. The molecule has 0 saturated carbocycles. The van der Waals surface area contributed by atoms with Crippen molar-refractivity contribution >= 4 is 11.5 Å². The second-order valence-corrected chi connectivity index (χ2v) is 5.57. The van der Waals surface area contributed by atoms with Crippen molar-refractivity contribution in [2.24, 2.45) is 0 Å². The number of benzene rings is 2. The molecule has 0 unspecified atom stereocenters. The fraction of sp³-hybridized carbons (Fsp3) is 0.158. The molecule has 0 spiro atoms. The summed E-state index contributed by atoms with van der Waals surface area (Å²) in [6, 6.07) is 8.87. The third kappa shape index (κ3) is 3.56. The summed E-state index contributed by atoms with van der Waals surface area (Å²) in [6.45, 7) is 1.75. The molecule has 2 aromatic carbocycles. The highest BCUT2D eigenvalue weighted by Gasteiger charge is 2.12. The number of rotatable bonds is 5. The van der Waals surface area contributed by atoms with Gasteiger partial charge in [-0.25, -0.2) is 18.7 Å². The van der Waals surface area contributed by atoms with Crippen LogP contribution < -0.4 is 14.8 Å². The highest BCUT2D eigenvalue weighted by molar-refractivity contribution is 5.70. The van der Waals surface area contributed by atoms with E-state index in [9.17, 15) is 8.78 Å². The zero-order chi connectivity index (χ0) is 18.7. The van der Waals surface area contributed by atoms with E-state index in [2.05, 4.69) is 15.3 Å². The number of methoxy groups -OCH3 is 2. The van der Waals surface area contributed by atoms with Gasteiger partial charge in [0.25, 0.3) is 0 Å². The Morgan fingerprint density at radius 1 is 0.962 bits per heavy atom. The predicted octanol–water partition coefficient (Wildman–Crippen LogP) is 4.49. The van der Waals surface area contributed by atoms with Crippen molar-refractivity contribution < 1.29 is 18.3 Å². The molecule has 1 N–H and O–H groups in total. The fourth-order valence-electron chi connectivity index (χ4n) is 2.66. The van der Waals surface area contributed by atoms with Crippen molar-refractivity contribution in [1.82, 2.24) is 9.97 Å². The maximum Gasteiger partial charge on any atom is 0.167 e.